The SMILES string of the molecule is O=C(/C=C/c1ccc(-c2cc3c(c(C4C5CC6CC(C5)CC4C6)c2)OCCO3)cc1)NO. The summed E-state index contributed by atoms with van der Waals surface area (Å²) < 4.78 is 12.3. The van der Waals surface area contributed by atoms with E-state index in [0.717, 1.165) is 51.9 Å². The minimum absolute atomic E-state index is 0.541. The van der Waals surface area contributed by atoms with Gasteiger partial charge in [-0.05, 0) is 96.6 Å². The van der Waals surface area contributed by atoms with Crippen LogP contribution in [0, 0.1) is 23.7 Å². The van der Waals surface area contributed by atoms with Gasteiger partial charge in [-0.15, -0.1) is 0 Å². The molecule has 4 aliphatic carbocycles. The average Bonchev–Trinajstić information content (AvgIpc) is 2.82. The first kappa shape index (κ1) is 19.9. The molecule has 2 aromatic rings. The summed E-state index contributed by atoms with van der Waals surface area (Å²) in [6.07, 6.45) is 9.95. The molecule has 0 unspecified atom stereocenters. The molecule has 166 valence electrons. The van der Waals surface area contributed by atoms with E-state index in [0.29, 0.717) is 19.1 Å². The summed E-state index contributed by atoms with van der Waals surface area (Å²) in [5.74, 6) is 5.34. The summed E-state index contributed by atoms with van der Waals surface area (Å²) in [5.41, 5.74) is 6.14. The number of amides is 1. The summed E-state index contributed by atoms with van der Waals surface area (Å²) in [6, 6.07) is 12.6. The van der Waals surface area contributed by atoms with E-state index < -0.39 is 5.91 Å². The van der Waals surface area contributed by atoms with Gasteiger partial charge in [0, 0.05) is 11.6 Å². The molecule has 1 heterocycles. The van der Waals surface area contributed by atoms with Crippen LogP contribution in [0.5, 0.6) is 11.5 Å². The summed E-state index contributed by atoms with van der Waals surface area (Å²) in [4.78, 5) is 11.2. The topological polar surface area (TPSA) is 67.8 Å². The molecule has 4 fully saturated rings. The Hall–Kier alpha value is -2.79. The van der Waals surface area contributed by atoms with E-state index in [1.807, 2.05) is 12.1 Å². The average molecular weight is 432 g/mol. The highest BCUT2D eigenvalue weighted by molar-refractivity contribution is 5.90. The first-order chi connectivity index (χ1) is 15.7. The molecule has 2 N–H and O–H groups in total. The van der Waals surface area contributed by atoms with Crippen molar-refractivity contribution < 1.29 is 19.5 Å². The monoisotopic (exact) mass is 431 g/mol. The molecule has 5 nitrogen and oxygen atoms in total. The molecule has 5 aliphatic rings. The third kappa shape index (κ3) is 3.49. The van der Waals surface area contributed by atoms with E-state index in [2.05, 4.69) is 24.3 Å². The van der Waals surface area contributed by atoms with Crippen molar-refractivity contribution in [2.75, 3.05) is 13.2 Å². The second kappa shape index (κ2) is 7.96. The maximum atomic E-state index is 11.2. The van der Waals surface area contributed by atoms with E-state index in [1.165, 1.54) is 43.7 Å². The van der Waals surface area contributed by atoms with Crippen molar-refractivity contribution in [3.8, 4) is 22.6 Å². The molecule has 5 heteroatoms. The molecule has 32 heavy (non-hydrogen) atoms. The van der Waals surface area contributed by atoms with Crippen LogP contribution in [0.15, 0.2) is 42.5 Å². The highest BCUT2D eigenvalue weighted by atomic mass is 16.6. The zero-order valence-corrected chi connectivity index (χ0v) is 18.1. The lowest BCUT2D eigenvalue weighted by atomic mass is 9.50. The molecule has 4 saturated carbocycles. The van der Waals surface area contributed by atoms with Gasteiger partial charge >= 0.3 is 0 Å². The van der Waals surface area contributed by atoms with Crippen LogP contribution in [0.3, 0.4) is 0 Å². The van der Waals surface area contributed by atoms with Gasteiger partial charge in [0.25, 0.3) is 5.91 Å². The molecular formula is C27H29NO4. The lowest BCUT2D eigenvalue weighted by Crippen LogP contribution is -2.44. The van der Waals surface area contributed by atoms with Crippen molar-refractivity contribution in [1.82, 2.24) is 5.48 Å². The summed E-state index contributed by atoms with van der Waals surface area (Å²) in [6.45, 7) is 1.21. The molecular weight excluding hydrogens is 402 g/mol. The van der Waals surface area contributed by atoms with Gasteiger partial charge < -0.3 is 9.47 Å². The van der Waals surface area contributed by atoms with Gasteiger partial charge in [0.2, 0.25) is 0 Å². The highest BCUT2D eigenvalue weighted by Crippen LogP contribution is 2.61. The molecule has 4 bridgehead atoms. The van der Waals surface area contributed by atoms with Crippen LogP contribution < -0.4 is 15.0 Å². The minimum Gasteiger partial charge on any atom is -0.486 e. The largest absolute Gasteiger partial charge is 0.486 e. The Morgan fingerprint density at radius 2 is 1.59 bits per heavy atom. The second-order valence-corrected chi connectivity index (χ2v) is 9.98. The van der Waals surface area contributed by atoms with Crippen molar-refractivity contribution in [3.63, 3.8) is 0 Å². The van der Waals surface area contributed by atoms with E-state index in [-0.39, 0.29) is 0 Å². The van der Waals surface area contributed by atoms with E-state index in [4.69, 9.17) is 14.7 Å². The van der Waals surface area contributed by atoms with E-state index >= 15 is 0 Å². The van der Waals surface area contributed by atoms with E-state index in [9.17, 15) is 4.79 Å². The minimum atomic E-state index is -0.541. The molecule has 7 rings (SSSR count). The van der Waals surface area contributed by atoms with Crippen LogP contribution in [0.4, 0.5) is 0 Å². The number of carbonyl (C=O) groups excluding carboxylic acids is 1. The Balaban J connectivity index is 1.36. The number of fused-ring (bicyclic) bond motifs is 1. The van der Waals surface area contributed by atoms with Gasteiger partial charge in [0.1, 0.15) is 13.2 Å². The Morgan fingerprint density at radius 1 is 0.906 bits per heavy atom. The summed E-state index contributed by atoms with van der Waals surface area (Å²) in [5, 5.41) is 8.64. The van der Waals surface area contributed by atoms with Crippen LogP contribution in [0.1, 0.15) is 49.1 Å². The molecule has 1 aliphatic heterocycles. The molecule has 0 aromatic heterocycles. The predicted molar refractivity (Wildman–Crippen MR) is 122 cm³/mol. The highest BCUT2D eigenvalue weighted by Gasteiger charge is 2.49. The Kier molecular flexibility index (Phi) is 4.94. The fourth-order valence-electron chi connectivity index (χ4n) is 7.02. The number of hydroxylamine groups is 1. The molecule has 1 amide bonds. The zero-order valence-electron chi connectivity index (χ0n) is 18.1. The molecule has 0 saturated heterocycles. The van der Waals surface area contributed by atoms with Crippen molar-refractivity contribution in [1.29, 1.82) is 0 Å². The Bertz CT molecular complexity index is 1030. The fraction of sp³-hybridized carbons (Fsp3) is 0.444. The maximum absolute atomic E-state index is 11.2. The van der Waals surface area contributed by atoms with Gasteiger partial charge in [-0.2, -0.15) is 0 Å². The molecule has 0 radical (unpaired) electrons. The third-order valence-corrected chi connectivity index (χ3v) is 8.04. The second-order valence-electron chi connectivity index (χ2n) is 9.98. The van der Waals surface area contributed by atoms with Crippen molar-refractivity contribution in [3.05, 3.63) is 53.6 Å². The predicted octanol–water partition coefficient (Wildman–Crippen LogP) is 5.18. The number of carbonyl (C=O) groups is 1. The molecule has 0 atom stereocenters. The summed E-state index contributed by atoms with van der Waals surface area (Å²) in [7, 11) is 0. The summed E-state index contributed by atoms with van der Waals surface area (Å²) >= 11 is 0. The lowest BCUT2D eigenvalue weighted by molar-refractivity contribution is -0.124. The number of hydrogen-bond acceptors (Lipinski definition) is 4. The normalized spacial score (nSPS) is 30.0. The van der Waals surface area contributed by atoms with Crippen LogP contribution in [-0.2, 0) is 4.79 Å². The van der Waals surface area contributed by atoms with Crippen molar-refractivity contribution in [2.24, 2.45) is 23.7 Å². The van der Waals surface area contributed by atoms with Gasteiger partial charge in [0.15, 0.2) is 11.5 Å². The number of nitrogens with one attached hydrogen (secondary N) is 1. The first-order valence-electron chi connectivity index (χ1n) is 11.8. The fourth-order valence-corrected chi connectivity index (χ4v) is 7.02. The van der Waals surface area contributed by atoms with Gasteiger partial charge in [-0.25, -0.2) is 5.48 Å². The van der Waals surface area contributed by atoms with E-state index in [1.54, 1.807) is 11.6 Å². The van der Waals surface area contributed by atoms with Crippen LogP contribution in [-0.4, -0.2) is 24.3 Å². The first-order valence-corrected chi connectivity index (χ1v) is 11.8. The number of rotatable bonds is 4. The zero-order chi connectivity index (χ0) is 21.7. The lowest BCUT2D eigenvalue weighted by Gasteiger charge is -2.55. The van der Waals surface area contributed by atoms with Crippen LogP contribution in [0.2, 0.25) is 0 Å². The Labute approximate surface area is 188 Å². The number of ether oxygens (including phenoxy) is 2. The van der Waals surface area contributed by atoms with Crippen LogP contribution >= 0.6 is 0 Å². The maximum Gasteiger partial charge on any atom is 0.267 e. The quantitative estimate of drug-likeness (QED) is 0.398. The van der Waals surface area contributed by atoms with Gasteiger partial charge in [0.05, 0.1) is 0 Å². The van der Waals surface area contributed by atoms with Gasteiger partial charge in [-0.3, -0.25) is 10.0 Å². The van der Waals surface area contributed by atoms with Crippen LogP contribution in [0.25, 0.3) is 17.2 Å². The smallest absolute Gasteiger partial charge is 0.267 e. The Morgan fingerprint density at radius 3 is 2.28 bits per heavy atom. The number of benzene rings is 2. The molecule has 0 spiro atoms. The standard InChI is InChI=1S/C27H29NO4/c29-25(28-30)6-3-16-1-4-19(5-2-16)20-14-23(27-24(15-20)31-7-8-32-27)26-21-10-17-9-18(12-21)13-22(26)11-17/h1-6,14-15,17-18,21-22,26,30H,7-13H2,(H,28,29)/b6-3+. The van der Waals surface area contributed by atoms with Crippen molar-refractivity contribution >= 4 is 12.0 Å². The van der Waals surface area contributed by atoms with Gasteiger partial charge in [-0.1, -0.05) is 24.3 Å². The molecule has 2 aromatic carbocycles. The number of hydrogen-bond donors (Lipinski definition) is 2. The van der Waals surface area contributed by atoms with Crippen molar-refractivity contribution in [2.45, 2.75) is 38.0 Å². The third-order valence-electron chi connectivity index (χ3n) is 8.04.